The average Bonchev–Trinajstić information content (AvgIpc) is 2.83. The summed E-state index contributed by atoms with van der Waals surface area (Å²) in [6, 6.07) is 12.6. The summed E-state index contributed by atoms with van der Waals surface area (Å²) in [6.07, 6.45) is 0. The van der Waals surface area contributed by atoms with Crippen molar-refractivity contribution in [3.63, 3.8) is 0 Å². The van der Waals surface area contributed by atoms with Crippen molar-refractivity contribution in [3.8, 4) is 5.75 Å². The summed E-state index contributed by atoms with van der Waals surface area (Å²) >= 11 is 6.07. The molecule has 0 amide bonds. The molecule has 0 bridgehead atoms. The van der Waals surface area contributed by atoms with Crippen LogP contribution in [-0.2, 0) is 4.74 Å². The van der Waals surface area contributed by atoms with Crippen molar-refractivity contribution in [2.45, 2.75) is 19.9 Å². The molecule has 2 aromatic rings. The van der Waals surface area contributed by atoms with E-state index < -0.39 is 6.04 Å². The van der Waals surface area contributed by atoms with Crippen LogP contribution in [0.15, 0.2) is 47.5 Å². The number of nitrogens with one attached hydrogen (secondary N) is 2. The van der Waals surface area contributed by atoms with Gasteiger partial charge in [-0.1, -0.05) is 23.7 Å². The summed E-state index contributed by atoms with van der Waals surface area (Å²) in [7, 11) is 0. The Bertz CT molecular complexity index is 959. The largest absolute Gasteiger partial charge is 0.491 e. The predicted octanol–water partition coefficient (Wildman–Crippen LogP) is 3.71. The number of nitrogens with zero attached hydrogens (tertiary/aromatic N) is 2. The van der Waals surface area contributed by atoms with Crippen LogP contribution in [0.2, 0.25) is 5.02 Å². The van der Waals surface area contributed by atoms with E-state index in [9.17, 15) is 0 Å². The van der Waals surface area contributed by atoms with Crippen LogP contribution in [-0.4, -0.2) is 49.8 Å². The maximum atomic E-state index is 8.57. The number of nitrogens with two attached hydrogens (primary N) is 1. The Hall–Kier alpha value is -2.74. The van der Waals surface area contributed by atoms with Gasteiger partial charge in [-0.3, -0.25) is 20.7 Å². The first kappa shape index (κ1) is 22.0. The van der Waals surface area contributed by atoms with Crippen LogP contribution in [0.25, 0.3) is 0 Å². The molecule has 1 heterocycles. The molecule has 30 heavy (non-hydrogen) atoms. The molecule has 1 aliphatic rings. The van der Waals surface area contributed by atoms with Crippen molar-refractivity contribution in [1.29, 1.82) is 10.8 Å². The Morgan fingerprint density at radius 2 is 1.90 bits per heavy atom. The van der Waals surface area contributed by atoms with Crippen LogP contribution in [0.3, 0.4) is 0 Å². The van der Waals surface area contributed by atoms with Crippen LogP contribution >= 0.6 is 11.6 Å². The minimum absolute atomic E-state index is 0.247. The number of ether oxygens (including phenoxy) is 2. The van der Waals surface area contributed by atoms with Gasteiger partial charge in [0, 0.05) is 22.7 Å². The second kappa shape index (κ2) is 9.84. The number of hydrogen-bond acceptors (Lipinski definition) is 6. The van der Waals surface area contributed by atoms with E-state index in [2.05, 4.69) is 0 Å². The number of aliphatic imine (C=N–C) groups is 1. The summed E-state index contributed by atoms with van der Waals surface area (Å²) in [4.78, 5) is 6.42. The first-order chi connectivity index (χ1) is 14.4. The van der Waals surface area contributed by atoms with Gasteiger partial charge in [-0.25, -0.2) is 0 Å². The minimum Gasteiger partial charge on any atom is -0.491 e. The molecule has 7 nitrogen and oxygen atoms in total. The van der Waals surface area contributed by atoms with Gasteiger partial charge in [0.25, 0.3) is 0 Å². The Balaban J connectivity index is 2.03. The molecular formula is C22H26ClN5O2. The molecule has 0 spiro atoms. The summed E-state index contributed by atoms with van der Waals surface area (Å²) in [5.41, 5.74) is 8.55. The molecule has 0 unspecified atom stereocenters. The molecule has 1 atom stereocenters. The first-order valence-corrected chi connectivity index (χ1v) is 10.1. The molecule has 0 fully saturated rings. The maximum Gasteiger partial charge on any atom is 0.131 e. The fourth-order valence-electron chi connectivity index (χ4n) is 3.23. The number of rotatable bonds is 7. The third-order valence-electron chi connectivity index (χ3n) is 4.64. The van der Waals surface area contributed by atoms with E-state index >= 15 is 0 Å². The van der Waals surface area contributed by atoms with Gasteiger partial charge in [0.1, 0.15) is 30.1 Å². The lowest BCUT2D eigenvalue weighted by molar-refractivity contribution is 0.106. The second-order valence-corrected chi connectivity index (χ2v) is 7.33. The predicted molar refractivity (Wildman–Crippen MR) is 122 cm³/mol. The fourth-order valence-corrected chi connectivity index (χ4v) is 3.36. The lowest BCUT2D eigenvalue weighted by Crippen LogP contribution is -2.39. The highest BCUT2D eigenvalue weighted by Gasteiger charge is 2.28. The van der Waals surface area contributed by atoms with Gasteiger partial charge < -0.3 is 15.2 Å². The van der Waals surface area contributed by atoms with Crippen molar-refractivity contribution < 1.29 is 9.47 Å². The second-order valence-electron chi connectivity index (χ2n) is 6.90. The van der Waals surface area contributed by atoms with Crippen LogP contribution in [0.5, 0.6) is 5.75 Å². The van der Waals surface area contributed by atoms with Crippen LogP contribution < -0.4 is 15.4 Å². The van der Waals surface area contributed by atoms with Gasteiger partial charge in [0.2, 0.25) is 0 Å². The smallest absolute Gasteiger partial charge is 0.131 e. The molecule has 0 aromatic heterocycles. The highest BCUT2D eigenvalue weighted by molar-refractivity contribution is 6.31. The molecule has 158 valence electrons. The Labute approximate surface area is 181 Å². The summed E-state index contributed by atoms with van der Waals surface area (Å²) < 4.78 is 11.2. The molecule has 0 aliphatic carbocycles. The molecule has 4 N–H and O–H groups in total. The van der Waals surface area contributed by atoms with E-state index in [1.165, 1.54) is 0 Å². The normalized spacial score (nSPS) is 16.0. The molecule has 0 radical (unpaired) electrons. The van der Waals surface area contributed by atoms with Crippen LogP contribution in [0.1, 0.15) is 25.0 Å². The fraction of sp³-hybridized carbons (Fsp3) is 0.318. The van der Waals surface area contributed by atoms with E-state index in [0.29, 0.717) is 37.1 Å². The number of halogens is 1. The van der Waals surface area contributed by atoms with Gasteiger partial charge in [0.05, 0.1) is 24.6 Å². The highest BCUT2D eigenvalue weighted by atomic mass is 35.5. The van der Waals surface area contributed by atoms with Crippen molar-refractivity contribution >= 4 is 34.7 Å². The van der Waals surface area contributed by atoms with Gasteiger partial charge in [-0.2, -0.15) is 0 Å². The van der Waals surface area contributed by atoms with Crippen LogP contribution in [0.4, 0.5) is 5.69 Å². The SMILES string of the molecule is CC(=N)N1C(=N)[C@H](C)N=C(c2ccc(Cl)cc2)c2cc(OCCOCCN)ccc21. The number of hydrogen-bond donors (Lipinski definition) is 3. The highest BCUT2D eigenvalue weighted by Crippen LogP contribution is 2.32. The molecule has 0 saturated carbocycles. The standard InChI is InChI=1S/C22H26ClN5O2/c1-14-22(26)28(15(2)25)20-8-7-18(30-12-11-29-10-9-24)13-19(20)21(27-14)16-3-5-17(23)6-4-16/h3-8,13-14,25-26H,9-12,24H2,1-2H3/t14-/m0/s1. The third-order valence-corrected chi connectivity index (χ3v) is 4.89. The molecule has 1 aliphatic heterocycles. The zero-order valence-electron chi connectivity index (χ0n) is 17.1. The van der Waals surface area contributed by atoms with E-state index in [4.69, 9.17) is 42.6 Å². The number of benzodiazepines with no additional fused rings is 1. The third kappa shape index (κ3) is 4.87. The topological polar surface area (TPSA) is 108 Å². The van der Waals surface area contributed by atoms with E-state index in [1.807, 2.05) is 49.4 Å². The minimum atomic E-state index is -0.419. The molecule has 0 saturated heterocycles. The van der Waals surface area contributed by atoms with Crippen molar-refractivity contribution in [2.24, 2.45) is 10.7 Å². The van der Waals surface area contributed by atoms with E-state index in [0.717, 1.165) is 22.5 Å². The molecular weight excluding hydrogens is 402 g/mol. The lowest BCUT2D eigenvalue weighted by Gasteiger charge is -2.25. The Morgan fingerprint density at radius 3 is 2.57 bits per heavy atom. The van der Waals surface area contributed by atoms with E-state index in [-0.39, 0.29) is 11.7 Å². The van der Waals surface area contributed by atoms with Crippen molar-refractivity contribution in [2.75, 3.05) is 31.3 Å². The van der Waals surface area contributed by atoms with Crippen LogP contribution in [0, 0.1) is 10.8 Å². The summed E-state index contributed by atoms with van der Waals surface area (Å²) in [5.74, 6) is 1.16. The zero-order valence-corrected chi connectivity index (χ0v) is 17.9. The van der Waals surface area contributed by atoms with Crippen molar-refractivity contribution in [3.05, 3.63) is 58.6 Å². The number of fused-ring (bicyclic) bond motifs is 1. The number of anilines is 1. The van der Waals surface area contributed by atoms with Gasteiger partial charge in [-0.15, -0.1) is 0 Å². The zero-order chi connectivity index (χ0) is 21.7. The average molecular weight is 428 g/mol. The van der Waals surface area contributed by atoms with Gasteiger partial charge >= 0.3 is 0 Å². The van der Waals surface area contributed by atoms with Gasteiger partial charge in [0.15, 0.2) is 0 Å². The number of benzene rings is 2. The van der Waals surface area contributed by atoms with Gasteiger partial charge in [-0.05, 0) is 44.2 Å². The molecule has 2 aromatic carbocycles. The van der Waals surface area contributed by atoms with Crippen molar-refractivity contribution in [1.82, 2.24) is 0 Å². The Kier molecular flexibility index (Phi) is 7.20. The maximum absolute atomic E-state index is 8.57. The molecule has 8 heteroatoms. The first-order valence-electron chi connectivity index (χ1n) is 9.75. The number of amidine groups is 2. The Morgan fingerprint density at radius 1 is 1.17 bits per heavy atom. The summed E-state index contributed by atoms with van der Waals surface area (Å²) in [6.45, 7) is 5.33. The lowest BCUT2D eigenvalue weighted by atomic mass is 9.99. The summed E-state index contributed by atoms with van der Waals surface area (Å²) in [5, 5.41) is 17.4. The molecule has 3 rings (SSSR count). The quantitative estimate of drug-likeness (QED) is 0.355. The monoisotopic (exact) mass is 427 g/mol. The van der Waals surface area contributed by atoms with E-state index in [1.54, 1.807) is 11.8 Å².